The highest BCUT2D eigenvalue weighted by molar-refractivity contribution is 7.29. The van der Waals surface area contributed by atoms with Crippen LogP contribution in [0.4, 0.5) is 0 Å². The van der Waals surface area contributed by atoms with E-state index in [0.29, 0.717) is 0 Å². The van der Waals surface area contributed by atoms with Gasteiger partial charge in [-0.05, 0) is 13.2 Å². The highest BCUT2D eigenvalue weighted by atomic mass is 29.5. The Hall–Kier alpha value is 0.321. The summed E-state index contributed by atoms with van der Waals surface area (Å²) in [6.07, 6.45) is 0. The van der Waals surface area contributed by atoms with Crippen LogP contribution in [0.2, 0.25) is 0 Å². The molecule has 0 aromatic heterocycles. The third-order valence-electron chi connectivity index (χ3n) is 0.167. The number of hydrogen-bond acceptors (Lipinski definition) is 1. The summed E-state index contributed by atoms with van der Waals surface area (Å²) >= 11 is 0. The van der Waals surface area contributed by atoms with E-state index >= 15 is 0 Å². The van der Waals surface area contributed by atoms with Gasteiger partial charge in [-0.3, -0.25) is 0 Å². The van der Waals surface area contributed by atoms with Crippen LogP contribution in [-0.2, 0) is 0 Å². The minimum atomic E-state index is -0.610. The Kier molecular flexibility index (Phi) is 2.72. The van der Waals surface area contributed by atoms with E-state index in [1.54, 1.807) is 5.80 Å². The predicted molar refractivity (Wildman–Crippen MR) is 27.5 cm³/mol. The molecule has 0 spiro atoms. The summed E-state index contributed by atoms with van der Waals surface area (Å²) in [5, 5.41) is 0. The van der Waals surface area contributed by atoms with E-state index in [1.165, 1.54) is 0 Å². The van der Waals surface area contributed by atoms with Gasteiger partial charge in [0.2, 0.25) is 0 Å². The van der Waals surface area contributed by atoms with Crippen molar-refractivity contribution in [1.82, 2.24) is 0 Å². The molecule has 4 heteroatoms. The van der Waals surface area contributed by atoms with Crippen molar-refractivity contribution in [1.29, 1.82) is 0 Å². The fourth-order valence-corrected chi connectivity index (χ4v) is 0. The number of hydrogen-bond donors (Lipinski definition) is 1. The molecule has 0 rings (SSSR count). The minimum absolute atomic E-state index is 0.610. The SMILES string of the molecule is NC=[Si]([Si])[Si]. The second kappa shape index (κ2) is 2.55. The third-order valence-corrected chi connectivity index (χ3v) is 1.50. The number of nitrogens with two attached hydrogens (primary N) is 1. The largest absolute Gasteiger partial charge is 0.409 e. The van der Waals surface area contributed by atoms with Crippen molar-refractivity contribution in [2.75, 3.05) is 0 Å². The highest BCUT2D eigenvalue weighted by Crippen LogP contribution is 1.28. The molecule has 0 bridgehead atoms. The quantitative estimate of drug-likeness (QED) is 0.365. The van der Waals surface area contributed by atoms with Gasteiger partial charge in [0.05, 0.1) is 0 Å². The van der Waals surface area contributed by atoms with Gasteiger partial charge in [0, 0.05) is 19.5 Å². The van der Waals surface area contributed by atoms with Gasteiger partial charge in [-0.25, -0.2) is 0 Å². The van der Waals surface area contributed by atoms with Gasteiger partial charge in [-0.2, -0.15) is 0 Å². The summed E-state index contributed by atoms with van der Waals surface area (Å²) in [5.41, 5.74) is 4.99. The molecule has 0 aromatic carbocycles. The van der Waals surface area contributed by atoms with E-state index < -0.39 is 7.44 Å². The van der Waals surface area contributed by atoms with Crippen molar-refractivity contribution >= 4 is 32.8 Å². The molecular formula is CH3NSi3. The van der Waals surface area contributed by atoms with Crippen LogP contribution in [-0.4, -0.2) is 32.8 Å². The lowest BCUT2D eigenvalue weighted by molar-refractivity contribution is 1.92. The summed E-state index contributed by atoms with van der Waals surface area (Å²) in [6, 6.07) is 0. The van der Waals surface area contributed by atoms with Crippen LogP contribution in [0.3, 0.4) is 0 Å². The molecule has 0 amide bonds. The third kappa shape index (κ3) is 4.32. The number of rotatable bonds is 0. The molecule has 24 valence electrons. The lowest BCUT2D eigenvalue weighted by atomic mass is 11.6. The average molecular weight is 113 g/mol. The van der Waals surface area contributed by atoms with Crippen molar-refractivity contribution in [3.8, 4) is 0 Å². The first-order valence-corrected chi connectivity index (χ1v) is 5.70. The van der Waals surface area contributed by atoms with Crippen molar-refractivity contribution in [3.63, 3.8) is 0 Å². The van der Waals surface area contributed by atoms with E-state index in [9.17, 15) is 0 Å². The molecule has 0 aliphatic rings. The van der Waals surface area contributed by atoms with Crippen molar-refractivity contribution in [2.45, 2.75) is 0 Å². The topological polar surface area (TPSA) is 26.0 Å². The first-order valence-electron chi connectivity index (χ1n) is 1.12. The molecule has 0 aromatic rings. The molecule has 0 atom stereocenters. The van der Waals surface area contributed by atoms with Gasteiger partial charge >= 0.3 is 0 Å². The molecule has 1 nitrogen and oxygen atoms in total. The lowest BCUT2D eigenvalue weighted by Crippen LogP contribution is -2.10. The fourth-order valence-electron chi connectivity index (χ4n) is 0. The van der Waals surface area contributed by atoms with E-state index in [1.807, 2.05) is 0 Å². The van der Waals surface area contributed by atoms with Crippen molar-refractivity contribution in [3.05, 3.63) is 0 Å². The molecule has 0 saturated heterocycles. The first-order chi connectivity index (χ1) is 2.27. The maximum absolute atomic E-state index is 4.99. The molecule has 0 fully saturated rings. The first kappa shape index (κ1) is 5.32. The molecule has 5 heavy (non-hydrogen) atoms. The smallest absolute Gasteiger partial charge is 0.0340 e. The zero-order chi connectivity index (χ0) is 4.28. The zero-order valence-corrected chi connectivity index (χ0v) is 5.65. The van der Waals surface area contributed by atoms with Crippen LogP contribution in [0.1, 0.15) is 0 Å². The van der Waals surface area contributed by atoms with Crippen LogP contribution in [0.15, 0.2) is 0 Å². The zero-order valence-electron chi connectivity index (χ0n) is 2.65. The van der Waals surface area contributed by atoms with Gasteiger partial charge < -0.3 is 5.73 Å². The second-order valence-corrected chi connectivity index (χ2v) is 6.47. The van der Waals surface area contributed by atoms with Crippen molar-refractivity contribution in [2.24, 2.45) is 5.73 Å². The molecular weight excluding hydrogens is 110 g/mol. The Balaban J connectivity index is 3.14. The van der Waals surface area contributed by atoms with E-state index in [2.05, 4.69) is 19.5 Å². The molecule has 0 aliphatic carbocycles. The Morgan fingerprint density at radius 2 is 1.80 bits per heavy atom. The maximum atomic E-state index is 4.99. The molecule has 0 unspecified atom stereocenters. The Labute approximate surface area is 39.2 Å². The summed E-state index contributed by atoms with van der Waals surface area (Å²) in [4.78, 5) is 0. The van der Waals surface area contributed by atoms with E-state index in [4.69, 9.17) is 5.73 Å². The van der Waals surface area contributed by atoms with Crippen LogP contribution >= 0.6 is 0 Å². The Bertz CT molecular complexity index is 44.9. The summed E-state index contributed by atoms with van der Waals surface area (Å²) < 4.78 is 0. The van der Waals surface area contributed by atoms with Crippen LogP contribution in [0.5, 0.6) is 0 Å². The molecule has 6 radical (unpaired) electrons. The van der Waals surface area contributed by atoms with E-state index in [0.717, 1.165) is 0 Å². The molecule has 0 saturated carbocycles. The summed E-state index contributed by atoms with van der Waals surface area (Å²) in [7, 11) is 5.89. The fraction of sp³-hybridized carbons (Fsp3) is 0. The van der Waals surface area contributed by atoms with Crippen LogP contribution in [0, 0.1) is 0 Å². The second-order valence-electron chi connectivity index (χ2n) is 0.580. The van der Waals surface area contributed by atoms with Gasteiger partial charge in [-0.15, -0.1) is 0 Å². The Morgan fingerprint density at radius 1 is 1.60 bits per heavy atom. The van der Waals surface area contributed by atoms with Gasteiger partial charge in [0.15, 0.2) is 0 Å². The van der Waals surface area contributed by atoms with Crippen LogP contribution < -0.4 is 5.73 Å². The average Bonchev–Trinajstić information content (AvgIpc) is 1.38. The van der Waals surface area contributed by atoms with Gasteiger partial charge in [0.25, 0.3) is 0 Å². The monoisotopic (exact) mass is 113 g/mol. The summed E-state index contributed by atoms with van der Waals surface area (Å²) in [6.45, 7) is 0. The standard InChI is InChI=1S/CH3NSi3/c2-1-5(3)4/h1H,2H2. The van der Waals surface area contributed by atoms with Gasteiger partial charge in [-0.1, -0.05) is 0 Å². The molecule has 0 aliphatic heterocycles. The predicted octanol–water partition coefficient (Wildman–Crippen LogP) is -1.89. The van der Waals surface area contributed by atoms with Crippen molar-refractivity contribution < 1.29 is 0 Å². The molecule has 0 heterocycles. The minimum Gasteiger partial charge on any atom is -0.409 e. The molecule has 2 N–H and O–H groups in total. The normalized spacial score (nSPS) is 6.80. The van der Waals surface area contributed by atoms with Crippen LogP contribution in [0.25, 0.3) is 0 Å². The van der Waals surface area contributed by atoms with Gasteiger partial charge in [0.1, 0.15) is 0 Å². The van der Waals surface area contributed by atoms with E-state index in [-0.39, 0.29) is 0 Å². The lowest BCUT2D eigenvalue weighted by Gasteiger charge is -1.71. The summed E-state index contributed by atoms with van der Waals surface area (Å²) in [5.74, 6) is 1.60. The Morgan fingerprint density at radius 3 is 1.80 bits per heavy atom. The maximum Gasteiger partial charge on any atom is 0.0340 e. The highest BCUT2D eigenvalue weighted by Gasteiger charge is 1.65.